The Labute approximate surface area is 129 Å². The van der Waals surface area contributed by atoms with Gasteiger partial charge in [0.2, 0.25) is 0 Å². The van der Waals surface area contributed by atoms with Crippen molar-refractivity contribution in [2.24, 2.45) is 5.73 Å². The van der Waals surface area contributed by atoms with E-state index in [1.54, 1.807) is 11.3 Å². The maximum absolute atomic E-state index is 7.42. The van der Waals surface area contributed by atoms with Crippen LogP contribution in [0.25, 0.3) is 0 Å². The molecule has 3 N–H and O–H groups in total. The molecule has 2 rings (SSSR count). The van der Waals surface area contributed by atoms with E-state index in [2.05, 4.69) is 20.8 Å². The van der Waals surface area contributed by atoms with E-state index < -0.39 is 0 Å². The van der Waals surface area contributed by atoms with Crippen LogP contribution in [0.1, 0.15) is 10.4 Å². The topological polar surface area (TPSA) is 53.1 Å². The Bertz CT molecular complexity index is 612. The molecule has 0 saturated carbocycles. The van der Waals surface area contributed by atoms with Crippen LogP contribution < -0.4 is 10.6 Å². The summed E-state index contributed by atoms with van der Waals surface area (Å²) in [5.41, 5.74) is 7.23. The summed E-state index contributed by atoms with van der Waals surface area (Å²) in [6.45, 7) is 0.787. The number of hydrogen-bond acceptors (Lipinski definition) is 3. The average molecular weight is 359 g/mol. The predicted molar refractivity (Wildman–Crippen MR) is 86.6 cm³/mol. The number of nitrogens with zero attached hydrogens (tertiary/aromatic N) is 1. The van der Waals surface area contributed by atoms with Crippen LogP contribution in [0.2, 0.25) is 4.34 Å². The number of nitrogen functional groups attached to an aromatic ring is 1. The molecule has 0 amide bonds. The van der Waals surface area contributed by atoms with Gasteiger partial charge in [0.25, 0.3) is 0 Å². The van der Waals surface area contributed by atoms with E-state index in [0.717, 1.165) is 21.0 Å². The Morgan fingerprint density at radius 3 is 2.68 bits per heavy atom. The smallest absolute Gasteiger partial charge is 0.122 e. The van der Waals surface area contributed by atoms with Crippen LogP contribution >= 0.6 is 38.9 Å². The first-order valence-corrected chi connectivity index (χ1v) is 7.55. The summed E-state index contributed by atoms with van der Waals surface area (Å²) in [4.78, 5) is 3.32. The zero-order valence-electron chi connectivity index (χ0n) is 10.3. The Hall–Kier alpha value is -1.04. The lowest BCUT2D eigenvalue weighted by Crippen LogP contribution is -2.17. The number of nitrogens with two attached hydrogens (primary N) is 1. The molecule has 0 atom stereocenters. The molecule has 0 aliphatic carbocycles. The highest BCUT2D eigenvalue weighted by molar-refractivity contribution is 9.10. The second-order valence-corrected chi connectivity index (χ2v) is 6.80. The number of amidine groups is 1. The van der Waals surface area contributed by atoms with Crippen LogP contribution in [0.4, 0.5) is 5.69 Å². The molecule has 0 aliphatic rings. The molecule has 1 aromatic heterocycles. The summed E-state index contributed by atoms with van der Waals surface area (Å²) in [6, 6.07) is 9.59. The lowest BCUT2D eigenvalue weighted by atomic mass is 10.2. The number of hydrogen-bond donors (Lipinski definition) is 2. The maximum atomic E-state index is 7.42. The number of halogens is 2. The van der Waals surface area contributed by atoms with Gasteiger partial charge in [-0.3, -0.25) is 5.41 Å². The summed E-state index contributed by atoms with van der Waals surface area (Å²) >= 11 is 11.0. The van der Waals surface area contributed by atoms with E-state index in [4.69, 9.17) is 22.7 Å². The number of benzene rings is 1. The van der Waals surface area contributed by atoms with Crippen molar-refractivity contribution < 1.29 is 0 Å². The fourth-order valence-corrected chi connectivity index (χ4v) is 3.56. The van der Waals surface area contributed by atoms with Crippen molar-refractivity contribution >= 4 is 50.4 Å². The zero-order valence-corrected chi connectivity index (χ0v) is 13.4. The monoisotopic (exact) mass is 357 g/mol. The van der Waals surface area contributed by atoms with Gasteiger partial charge in [0.05, 0.1) is 16.6 Å². The number of rotatable bonds is 4. The molecule has 100 valence electrons. The van der Waals surface area contributed by atoms with Crippen molar-refractivity contribution in [3.63, 3.8) is 0 Å². The first kappa shape index (κ1) is 14.4. The van der Waals surface area contributed by atoms with Gasteiger partial charge in [-0.15, -0.1) is 11.3 Å². The van der Waals surface area contributed by atoms with Gasteiger partial charge >= 0.3 is 0 Å². The fourth-order valence-electron chi connectivity index (χ4n) is 1.74. The van der Waals surface area contributed by atoms with Crippen LogP contribution in [0.5, 0.6) is 0 Å². The van der Waals surface area contributed by atoms with Crippen molar-refractivity contribution in [3.8, 4) is 0 Å². The van der Waals surface area contributed by atoms with E-state index in [9.17, 15) is 0 Å². The van der Waals surface area contributed by atoms with E-state index in [-0.39, 0.29) is 5.84 Å². The molecule has 0 radical (unpaired) electrons. The third-order valence-corrected chi connectivity index (χ3v) is 4.54. The molecule has 0 bridgehead atoms. The Morgan fingerprint density at radius 1 is 1.42 bits per heavy atom. The highest BCUT2D eigenvalue weighted by Gasteiger charge is 2.09. The minimum absolute atomic E-state index is 0.0694. The van der Waals surface area contributed by atoms with Crippen LogP contribution in [0.15, 0.2) is 34.8 Å². The Balaban J connectivity index is 2.19. The molecule has 1 heterocycles. The van der Waals surface area contributed by atoms with Crippen molar-refractivity contribution in [2.45, 2.75) is 6.54 Å². The molecule has 2 aromatic rings. The third-order valence-electron chi connectivity index (χ3n) is 2.69. The van der Waals surface area contributed by atoms with Gasteiger partial charge < -0.3 is 10.6 Å². The van der Waals surface area contributed by atoms with Gasteiger partial charge in [-0.05, 0) is 46.3 Å². The van der Waals surface area contributed by atoms with Crippen LogP contribution in [0.3, 0.4) is 0 Å². The highest BCUT2D eigenvalue weighted by atomic mass is 79.9. The quantitative estimate of drug-likeness (QED) is 0.639. The summed E-state index contributed by atoms with van der Waals surface area (Å²) in [5.74, 6) is 0.0694. The van der Waals surface area contributed by atoms with E-state index in [1.165, 1.54) is 4.88 Å². The predicted octanol–water partition coefficient (Wildman–Crippen LogP) is 4.08. The zero-order chi connectivity index (χ0) is 14.0. The van der Waals surface area contributed by atoms with Gasteiger partial charge in [-0.1, -0.05) is 11.6 Å². The summed E-state index contributed by atoms with van der Waals surface area (Å²) in [7, 11) is 2.02. The van der Waals surface area contributed by atoms with E-state index >= 15 is 0 Å². The van der Waals surface area contributed by atoms with E-state index in [0.29, 0.717) is 5.56 Å². The standard InChI is InChI=1S/C13H13BrClN3S/c1-18(7-9-3-5-12(15)19-9)11-4-2-8(13(16)17)6-10(11)14/h2-6H,7H2,1H3,(H3,16,17). The summed E-state index contributed by atoms with van der Waals surface area (Å²) in [5, 5.41) is 7.42. The molecular weight excluding hydrogens is 346 g/mol. The molecule has 3 nitrogen and oxygen atoms in total. The van der Waals surface area contributed by atoms with Gasteiger partial charge in [-0.2, -0.15) is 0 Å². The molecule has 0 aliphatic heterocycles. The fraction of sp³-hybridized carbons (Fsp3) is 0.154. The van der Waals surface area contributed by atoms with Gasteiger partial charge in [-0.25, -0.2) is 0 Å². The lowest BCUT2D eigenvalue weighted by Gasteiger charge is -2.20. The molecule has 0 spiro atoms. The summed E-state index contributed by atoms with van der Waals surface area (Å²) in [6.07, 6.45) is 0. The van der Waals surface area contributed by atoms with Crippen molar-refractivity contribution in [1.82, 2.24) is 0 Å². The molecule has 0 saturated heterocycles. The van der Waals surface area contributed by atoms with Crippen molar-refractivity contribution in [3.05, 3.63) is 49.6 Å². The average Bonchev–Trinajstić information content (AvgIpc) is 2.74. The summed E-state index contributed by atoms with van der Waals surface area (Å²) < 4.78 is 1.72. The second-order valence-electron chi connectivity index (χ2n) is 4.14. The number of thiophene rings is 1. The van der Waals surface area contributed by atoms with Crippen LogP contribution in [-0.2, 0) is 6.54 Å². The first-order chi connectivity index (χ1) is 8.97. The number of anilines is 1. The van der Waals surface area contributed by atoms with E-state index in [1.807, 2.05) is 37.4 Å². The minimum Gasteiger partial charge on any atom is -0.384 e. The Morgan fingerprint density at radius 2 is 2.16 bits per heavy atom. The Kier molecular flexibility index (Phi) is 4.50. The number of nitrogens with one attached hydrogen (secondary N) is 1. The van der Waals surface area contributed by atoms with Gasteiger partial charge in [0.1, 0.15) is 5.84 Å². The molecule has 0 unspecified atom stereocenters. The lowest BCUT2D eigenvalue weighted by molar-refractivity contribution is 0.937. The second kappa shape index (κ2) is 5.94. The molecular formula is C13H13BrClN3S. The van der Waals surface area contributed by atoms with Crippen molar-refractivity contribution in [1.29, 1.82) is 5.41 Å². The normalized spacial score (nSPS) is 10.5. The van der Waals surface area contributed by atoms with Crippen LogP contribution in [-0.4, -0.2) is 12.9 Å². The SMILES string of the molecule is CN(Cc1ccc(Cl)s1)c1ccc(C(=N)N)cc1Br. The molecule has 0 fully saturated rings. The van der Waals surface area contributed by atoms with Crippen molar-refractivity contribution in [2.75, 3.05) is 11.9 Å². The molecule has 19 heavy (non-hydrogen) atoms. The highest BCUT2D eigenvalue weighted by Crippen LogP contribution is 2.29. The molecule has 1 aromatic carbocycles. The van der Waals surface area contributed by atoms with Gasteiger partial charge in [0.15, 0.2) is 0 Å². The largest absolute Gasteiger partial charge is 0.384 e. The minimum atomic E-state index is 0.0694. The van der Waals surface area contributed by atoms with Gasteiger partial charge in [0, 0.05) is 22.0 Å². The maximum Gasteiger partial charge on any atom is 0.122 e. The molecule has 6 heteroatoms. The van der Waals surface area contributed by atoms with Crippen LogP contribution in [0, 0.1) is 5.41 Å². The third kappa shape index (κ3) is 3.49. The first-order valence-electron chi connectivity index (χ1n) is 5.56.